The first-order chi connectivity index (χ1) is 12.4. The zero-order valence-corrected chi connectivity index (χ0v) is 14.5. The van der Waals surface area contributed by atoms with E-state index in [1.54, 1.807) is 17.9 Å². The molecule has 26 heavy (non-hydrogen) atoms. The summed E-state index contributed by atoms with van der Waals surface area (Å²) >= 11 is 0. The number of nitrogens with one attached hydrogen (secondary N) is 2. The lowest BCUT2D eigenvalue weighted by molar-refractivity contribution is -0.116. The van der Waals surface area contributed by atoms with E-state index < -0.39 is 0 Å². The highest BCUT2D eigenvalue weighted by Gasteiger charge is 2.23. The molecule has 0 radical (unpaired) electrons. The maximum Gasteiger partial charge on any atom is 0.258 e. The normalized spacial score (nSPS) is 13.1. The fourth-order valence-corrected chi connectivity index (χ4v) is 3.57. The van der Waals surface area contributed by atoms with Crippen LogP contribution in [0.2, 0.25) is 0 Å². The number of carbonyl (C=O) groups excluding carboxylic acids is 2. The van der Waals surface area contributed by atoms with E-state index >= 15 is 0 Å². The van der Waals surface area contributed by atoms with Crippen LogP contribution in [0.15, 0.2) is 36.4 Å². The first kappa shape index (κ1) is 16.3. The van der Waals surface area contributed by atoms with Crippen molar-refractivity contribution in [2.45, 2.75) is 20.3 Å². The quantitative estimate of drug-likeness (QED) is 0.738. The summed E-state index contributed by atoms with van der Waals surface area (Å²) in [6, 6.07) is 9.90. The van der Waals surface area contributed by atoms with E-state index in [0.29, 0.717) is 34.4 Å². The summed E-state index contributed by atoms with van der Waals surface area (Å²) in [5, 5.41) is 3.41. The number of carbonyl (C=O) groups is 2. The Morgan fingerprint density at radius 1 is 1.19 bits per heavy atom. The van der Waals surface area contributed by atoms with Crippen molar-refractivity contribution < 1.29 is 14.0 Å². The molecule has 1 aliphatic rings. The second-order valence-electron chi connectivity index (χ2n) is 6.53. The van der Waals surface area contributed by atoms with Gasteiger partial charge in [0.15, 0.2) is 0 Å². The molecule has 6 heteroatoms. The molecule has 1 aromatic heterocycles. The van der Waals surface area contributed by atoms with Crippen LogP contribution in [0.4, 0.5) is 15.8 Å². The summed E-state index contributed by atoms with van der Waals surface area (Å²) in [5.41, 5.74) is 4.33. The van der Waals surface area contributed by atoms with Crippen LogP contribution in [0, 0.1) is 12.7 Å². The number of H-pyrrole nitrogens is 1. The Kier molecular flexibility index (Phi) is 3.76. The minimum Gasteiger partial charge on any atom is -0.358 e. The topological polar surface area (TPSA) is 65.2 Å². The first-order valence-corrected chi connectivity index (χ1v) is 8.44. The fraction of sp³-hybridized carbons (Fsp3) is 0.200. The van der Waals surface area contributed by atoms with Gasteiger partial charge in [0.25, 0.3) is 5.91 Å². The molecule has 2 aromatic carbocycles. The zero-order chi connectivity index (χ0) is 18.4. The predicted octanol–water partition coefficient (Wildman–Crippen LogP) is 3.78. The third-order valence-electron chi connectivity index (χ3n) is 4.79. The van der Waals surface area contributed by atoms with Gasteiger partial charge in [-0.3, -0.25) is 9.59 Å². The summed E-state index contributed by atoms with van der Waals surface area (Å²) in [7, 11) is 0. The van der Waals surface area contributed by atoms with Crippen LogP contribution in [0.1, 0.15) is 28.5 Å². The molecule has 0 saturated heterocycles. The standard InChI is InChI=1S/C20H18FN3O2/c1-11-19(16-9-14(21)4-6-17(16)22-11)20(26)23-15-5-3-13-7-8-24(12(2)25)18(13)10-15/h3-6,9-10,22H,7-8H2,1-2H3,(H,23,26). The third kappa shape index (κ3) is 2.63. The van der Waals surface area contributed by atoms with Crippen LogP contribution in [0.3, 0.4) is 0 Å². The number of benzene rings is 2. The Hall–Kier alpha value is -3.15. The second-order valence-corrected chi connectivity index (χ2v) is 6.53. The summed E-state index contributed by atoms with van der Waals surface area (Å²) in [5.74, 6) is -0.720. The summed E-state index contributed by atoms with van der Waals surface area (Å²) in [4.78, 5) is 29.4. The van der Waals surface area contributed by atoms with E-state index in [9.17, 15) is 14.0 Å². The lowest BCUT2D eigenvalue weighted by Gasteiger charge is -2.16. The molecule has 3 aromatic rings. The van der Waals surface area contributed by atoms with Crippen molar-refractivity contribution in [3.05, 3.63) is 59.0 Å². The second kappa shape index (κ2) is 5.98. The van der Waals surface area contributed by atoms with Gasteiger partial charge in [-0.05, 0) is 49.2 Å². The molecule has 0 fully saturated rings. The van der Waals surface area contributed by atoms with Crippen molar-refractivity contribution in [1.82, 2.24) is 4.98 Å². The van der Waals surface area contributed by atoms with Gasteiger partial charge >= 0.3 is 0 Å². The van der Waals surface area contributed by atoms with Crippen LogP contribution >= 0.6 is 0 Å². The highest BCUT2D eigenvalue weighted by molar-refractivity contribution is 6.14. The molecule has 5 nitrogen and oxygen atoms in total. The summed E-state index contributed by atoms with van der Waals surface area (Å²) in [6.07, 6.45) is 0.809. The number of hydrogen-bond donors (Lipinski definition) is 2. The van der Waals surface area contributed by atoms with E-state index in [-0.39, 0.29) is 17.6 Å². The minimum atomic E-state index is -0.389. The number of aryl methyl sites for hydroxylation is 1. The lowest BCUT2D eigenvalue weighted by atomic mass is 10.1. The van der Waals surface area contributed by atoms with Crippen molar-refractivity contribution in [2.75, 3.05) is 16.8 Å². The van der Waals surface area contributed by atoms with E-state index in [2.05, 4.69) is 10.3 Å². The predicted molar refractivity (Wildman–Crippen MR) is 99.1 cm³/mol. The molecule has 2 heterocycles. The molecule has 4 rings (SSSR count). The maximum atomic E-state index is 13.6. The van der Waals surface area contributed by atoms with Gasteiger partial charge in [0.2, 0.25) is 5.91 Å². The number of rotatable bonds is 2. The highest BCUT2D eigenvalue weighted by Crippen LogP contribution is 2.31. The Labute approximate surface area is 149 Å². The molecule has 2 amide bonds. The molecule has 0 bridgehead atoms. The average molecular weight is 351 g/mol. The molecular weight excluding hydrogens is 333 g/mol. The van der Waals surface area contributed by atoms with E-state index in [0.717, 1.165) is 17.7 Å². The molecule has 0 spiro atoms. The molecule has 0 aliphatic carbocycles. The van der Waals surface area contributed by atoms with Crippen molar-refractivity contribution in [3.8, 4) is 0 Å². The number of fused-ring (bicyclic) bond motifs is 2. The smallest absolute Gasteiger partial charge is 0.258 e. The number of amides is 2. The SMILES string of the molecule is CC(=O)N1CCc2ccc(NC(=O)c3c(C)[nH]c4ccc(F)cc34)cc21. The molecule has 0 saturated carbocycles. The van der Waals surface area contributed by atoms with Crippen LogP contribution < -0.4 is 10.2 Å². The van der Waals surface area contributed by atoms with Gasteiger partial charge in [0.1, 0.15) is 5.82 Å². The third-order valence-corrected chi connectivity index (χ3v) is 4.79. The van der Waals surface area contributed by atoms with Crippen LogP contribution in [0.5, 0.6) is 0 Å². The Balaban J connectivity index is 1.68. The van der Waals surface area contributed by atoms with Crippen molar-refractivity contribution >= 4 is 34.1 Å². The Morgan fingerprint density at radius 3 is 2.77 bits per heavy atom. The summed E-state index contributed by atoms with van der Waals surface area (Å²) in [6.45, 7) is 3.97. The number of halogens is 1. The molecule has 1 aliphatic heterocycles. The number of aromatic nitrogens is 1. The number of anilines is 2. The fourth-order valence-electron chi connectivity index (χ4n) is 3.57. The van der Waals surface area contributed by atoms with Gasteiger partial charge in [-0.1, -0.05) is 6.07 Å². The van der Waals surface area contributed by atoms with Crippen LogP contribution in [0.25, 0.3) is 10.9 Å². The molecule has 0 atom stereocenters. The van der Waals surface area contributed by atoms with Crippen molar-refractivity contribution in [2.24, 2.45) is 0 Å². The van der Waals surface area contributed by atoms with Crippen molar-refractivity contribution in [3.63, 3.8) is 0 Å². The largest absolute Gasteiger partial charge is 0.358 e. The maximum absolute atomic E-state index is 13.6. The average Bonchev–Trinajstić information content (AvgIpc) is 3.14. The molecular formula is C20H18FN3O2. The van der Waals surface area contributed by atoms with E-state index in [4.69, 9.17) is 0 Å². The van der Waals surface area contributed by atoms with Gasteiger partial charge in [-0.2, -0.15) is 0 Å². The first-order valence-electron chi connectivity index (χ1n) is 8.44. The molecule has 2 N–H and O–H groups in total. The number of hydrogen-bond acceptors (Lipinski definition) is 2. The van der Waals surface area contributed by atoms with Gasteiger partial charge in [0.05, 0.1) is 5.56 Å². The van der Waals surface area contributed by atoms with Gasteiger partial charge in [0, 0.05) is 41.4 Å². The highest BCUT2D eigenvalue weighted by atomic mass is 19.1. The number of aromatic amines is 1. The monoisotopic (exact) mass is 351 g/mol. The molecule has 132 valence electrons. The summed E-state index contributed by atoms with van der Waals surface area (Å²) < 4.78 is 13.6. The van der Waals surface area contributed by atoms with Crippen molar-refractivity contribution in [1.29, 1.82) is 0 Å². The molecule has 0 unspecified atom stereocenters. The van der Waals surface area contributed by atoms with Gasteiger partial charge in [-0.25, -0.2) is 4.39 Å². The van der Waals surface area contributed by atoms with E-state index in [1.165, 1.54) is 19.1 Å². The lowest BCUT2D eigenvalue weighted by Crippen LogP contribution is -2.25. The van der Waals surface area contributed by atoms with Gasteiger partial charge < -0.3 is 15.2 Å². The zero-order valence-electron chi connectivity index (χ0n) is 14.5. The minimum absolute atomic E-state index is 0.0184. The van der Waals surface area contributed by atoms with Crippen LogP contribution in [-0.4, -0.2) is 23.3 Å². The Morgan fingerprint density at radius 2 is 2.00 bits per heavy atom. The Bertz CT molecular complexity index is 1050. The van der Waals surface area contributed by atoms with Crippen LogP contribution in [-0.2, 0) is 11.2 Å². The number of nitrogens with zero attached hydrogens (tertiary/aromatic N) is 1. The van der Waals surface area contributed by atoms with Gasteiger partial charge in [-0.15, -0.1) is 0 Å². The van der Waals surface area contributed by atoms with E-state index in [1.807, 2.05) is 18.2 Å².